The zero-order valence-corrected chi connectivity index (χ0v) is 10.5. The zero-order chi connectivity index (χ0) is 15.1. The third kappa shape index (κ3) is 3.46. The number of anilines is 1. The van der Waals surface area contributed by atoms with E-state index < -0.39 is 16.6 Å². The molecule has 0 spiro atoms. The lowest BCUT2D eigenvalue weighted by atomic mass is 10.1. The van der Waals surface area contributed by atoms with Gasteiger partial charge in [0.05, 0.1) is 28.9 Å². The van der Waals surface area contributed by atoms with Gasteiger partial charge in [-0.15, -0.1) is 0 Å². The standard InChI is InChI=1S/C12H11N3O5/c1-2-20-11-7-9(14-5-3-4-13)8(12(16)17)6-10(11)15(18)19/h3,5-7,14H,2H2,1H3,(H,16,17)/b5-3+. The van der Waals surface area contributed by atoms with E-state index in [9.17, 15) is 14.9 Å². The monoisotopic (exact) mass is 277 g/mol. The largest absolute Gasteiger partial charge is 0.487 e. The summed E-state index contributed by atoms with van der Waals surface area (Å²) in [5.41, 5.74) is -0.625. The van der Waals surface area contributed by atoms with Gasteiger partial charge in [0.1, 0.15) is 0 Å². The fourth-order valence-corrected chi connectivity index (χ4v) is 1.45. The van der Waals surface area contributed by atoms with E-state index in [0.717, 1.165) is 12.1 Å². The number of rotatable bonds is 6. The summed E-state index contributed by atoms with van der Waals surface area (Å²) in [4.78, 5) is 21.3. The van der Waals surface area contributed by atoms with E-state index in [0.29, 0.717) is 0 Å². The van der Waals surface area contributed by atoms with Gasteiger partial charge in [0.15, 0.2) is 5.75 Å². The number of carbonyl (C=O) groups is 1. The maximum Gasteiger partial charge on any atom is 0.338 e. The first kappa shape index (κ1) is 15.0. The van der Waals surface area contributed by atoms with Crippen LogP contribution in [0.4, 0.5) is 11.4 Å². The Morgan fingerprint density at radius 3 is 2.85 bits per heavy atom. The third-order valence-electron chi connectivity index (χ3n) is 2.22. The van der Waals surface area contributed by atoms with E-state index in [1.54, 1.807) is 13.0 Å². The number of ether oxygens (including phenoxy) is 1. The van der Waals surface area contributed by atoms with Crippen molar-refractivity contribution in [1.82, 2.24) is 0 Å². The fraction of sp³-hybridized carbons (Fsp3) is 0.167. The summed E-state index contributed by atoms with van der Waals surface area (Å²) in [6, 6.07) is 3.85. The van der Waals surface area contributed by atoms with Crippen molar-refractivity contribution in [3.63, 3.8) is 0 Å². The van der Waals surface area contributed by atoms with Gasteiger partial charge in [-0.05, 0) is 6.92 Å². The second-order valence-corrected chi connectivity index (χ2v) is 3.47. The minimum Gasteiger partial charge on any atom is -0.487 e. The van der Waals surface area contributed by atoms with Gasteiger partial charge in [0.25, 0.3) is 0 Å². The van der Waals surface area contributed by atoms with E-state index in [2.05, 4.69) is 5.32 Å². The Morgan fingerprint density at radius 2 is 2.35 bits per heavy atom. The van der Waals surface area contributed by atoms with Crippen LogP contribution in [0.2, 0.25) is 0 Å². The first-order valence-electron chi connectivity index (χ1n) is 5.51. The topological polar surface area (TPSA) is 125 Å². The second-order valence-electron chi connectivity index (χ2n) is 3.47. The van der Waals surface area contributed by atoms with Crippen LogP contribution in [-0.2, 0) is 0 Å². The molecule has 0 heterocycles. The molecule has 0 aromatic heterocycles. The Bertz CT molecular complexity index is 604. The number of aromatic carboxylic acids is 1. The fourth-order valence-electron chi connectivity index (χ4n) is 1.45. The lowest BCUT2D eigenvalue weighted by Crippen LogP contribution is -2.06. The summed E-state index contributed by atoms with van der Waals surface area (Å²) in [6.45, 7) is 1.85. The normalized spacial score (nSPS) is 10.0. The number of nitro groups is 1. The molecule has 20 heavy (non-hydrogen) atoms. The Labute approximate surface area is 114 Å². The van der Waals surface area contributed by atoms with Crippen LogP contribution in [0.1, 0.15) is 17.3 Å². The summed E-state index contributed by atoms with van der Waals surface area (Å²) < 4.78 is 5.12. The number of carboxylic acids is 1. The van der Waals surface area contributed by atoms with Gasteiger partial charge in [0.2, 0.25) is 0 Å². The van der Waals surface area contributed by atoms with Gasteiger partial charge in [-0.25, -0.2) is 4.79 Å². The number of hydrogen-bond donors (Lipinski definition) is 2. The molecule has 0 aliphatic heterocycles. The molecule has 1 aromatic rings. The molecule has 0 saturated heterocycles. The molecule has 104 valence electrons. The molecular formula is C12H11N3O5. The van der Waals surface area contributed by atoms with Crippen LogP contribution in [0.25, 0.3) is 0 Å². The molecule has 0 radical (unpaired) electrons. The first-order chi connectivity index (χ1) is 9.51. The Balaban J connectivity index is 3.37. The first-order valence-corrected chi connectivity index (χ1v) is 5.51. The van der Waals surface area contributed by atoms with Gasteiger partial charge in [-0.1, -0.05) is 0 Å². The van der Waals surface area contributed by atoms with E-state index in [1.165, 1.54) is 12.3 Å². The quantitative estimate of drug-likeness (QED) is 0.463. The van der Waals surface area contributed by atoms with Crippen LogP contribution >= 0.6 is 0 Å². The molecule has 0 aliphatic carbocycles. The Morgan fingerprint density at radius 1 is 1.65 bits per heavy atom. The predicted octanol–water partition coefficient (Wildman–Crippen LogP) is 2.14. The van der Waals surface area contributed by atoms with Gasteiger partial charge in [-0.2, -0.15) is 5.26 Å². The lowest BCUT2D eigenvalue weighted by molar-refractivity contribution is -0.385. The number of nitriles is 1. The SMILES string of the molecule is CCOc1cc(N/C=C/C#N)c(C(=O)O)cc1[N+](=O)[O-]. The zero-order valence-electron chi connectivity index (χ0n) is 10.5. The van der Waals surface area contributed by atoms with Crippen LogP contribution in [-0.4, -0.2) is 22.6 Å². The smallest absolute Gasteiger partial charge is 0.338 e. The Kier molecular flexibility index (Phi) is 5.05. The lowest BCUT2D eigenvalue weighted by Gasteiger charge is -2.10. The van der Waals surface area contributed by atoms with Crippen molar-refractivity contribution < 1.29 is 19.6 Å². The molecule has 0 saturated carbocycles. The molecule has 0 atom stereocenters. The summed E-state index contributed by atoms with van der Waals surface area (Å²) in [5.74, 6) is -1.38. The molecular weight excluding hydrogens is 266 g/mol. The van der Waals surface area contributed by atoms with E-state index in [4.69, 9.17) is 15.1 Å². The summed E-state index contributed by atoms with van der Waals surface area (Å²) in [7, 11) is 0. The number of nitro benzene ring substituents is 1. The highest BCUT2D eigenvalue weighted by molar-refractivity contribution is 5.96. The summed E-state index contributed by atoms with van der Waals surface area (Å²) in [6.07, 6.45) is 2.33. The molecule has 0 fully saturated rings. The minimum atomic E-state index is -1.33. The number of hydrogen-bond acceptors (Lipinski definition) is 6. The van der Waals surface area contributed by atoms with Gasteiger partial charge in [-0.3, -0.25) is 10.1 Å². The molecule has 0 aliphatic rings. The summed E-state index contributed by atoms with van der Waals surface area (Å²) in [5, 5.41) is 30.9. The highest BCUT2D eigenvalue weighted by Crippen LogP contribution is 2.33. The van der Waals surface area contributed by atoms with Crippen molar-refractivity contribution in [3.8, 4) is 11.8 Å². The molecule has 0 unspecified atom stereocenters. The average Bonchev–Trinajstić information content (AvgIpc) is 2.38. The van der Waals surface area contributed by atoms with Crippen molar-refractivity contribution in [2.24, 2.45) is 0 Å². The van der Waals surface area contributed by atoms with Crippen molar-refractivity contribution in [3.05, 3.63) is 40.1 Å². The number of carboxylic acid groups (broad SMARTS) is 1. The molecule has 2 N–H and O–H groups in total. The molecule has 0 bridgehead atoms. The van der Waals surface area contributed by atoms with E-state index in [1.807, 2.05) is 0 Å². The molecule has 0 amide bonds. The third-order valence-corrected chi connectivity index (χ3v) is 2.22. The maximum absolute atomic E-state index is 11.1. The van der Waals surface area contributed by atoms with Crippen LogP contribution in [0.15, 0.2) is 24.4 Å². The van der Waals surface area contributed by atoms with Crippen LogP contribution in [0.3, 0.4) is 0 Å². The number of nitrogens with one attached hydrogen (secondary N) is 1. The number of allylic oxidation sites excluding steroid dienone is 1. The van der Waals surface area contributed by atoms with E-state index in [-0.39, 0.29) is 23.6 Å². The van der Waals surface area contributed by atoms with E-state index >= 15 is 0 Å². The van der Waals surface area contributed by atoms with Crippen LogP contribution in [0.5, 0.6) is 5.75 Å². The highest BCUT2D eigenvalue weighted by Gasteiger charge is 2.22. The minimum absolute atomic E-state index is 0.0460. The highest BCUT2D eigenvalue weighted by atomic mass is 16.6. The van der Waals surface area contributed by atoms with Crippen LogP contribution in [0, 0.1) is 21.4 Å². The number of nitrogens with zero attached hydrogens (tertiary/aromatic N) is 2. The van der Waals surface area contributed by atoms with Gasteiger partial charge < -0.3 is 15.2 Å². The summed E-state index contributed by atoms with van der Waals surface area (Å²) >= 11 is 0. The van der Waals surface area contributed by atoms with Crippen molar-refractivity contribution >= 4 is 17.3 Å². The second kappa shape index (κ2) is 6.75. The molecule has 1 aromatic carbocycles. The van der Waals surface area contributed by atoms with Crippen LogP contribution < -0.4 is 10.1 Å². The van der Waals surface area contributed by atoms with Crippen molar-refractivity contribution in [2.75, 3.05) is 11.9 Å². The van der Waals surface area contributed by atoms with Crippen molar-refractivity contribution in [1.29, 1.82) is 5.26 Å². The van der Waals surface area contributed by atoms with Gasteiger partial charge in [0, 0.05) is 24.4 Å². The molecule has 8 nitrogen and oxygen atoms in total. The molecule has 1 rings (SSSR count). The average molecular weight is 277 g/mol. The molecule has 8 heteroatoms. The maximum atomic E-state index is 11.1. The number of benzene rings is 1. The van der Waals surface area contributed by atoms with Gasteiger partial charge >= 0.3 is 11.7 Å². The van der Waals surface area contributed by atoms with Crippen molar-refractivity contribution in [2.45, 2.75) is 6.92 Å². The Hall–Kier alpha value is -3.08. The predicted molar refractivity (Wildman–Crippen MR) is 69.6 cm³/mol.